The Kier molecular flexibility index (Phi) is 15.5. The molecule has 1 aliphatic heterocycles. The first-order valence-electron chi connectivity index (χ1n) is 16.6. The molecule has 0 radical (unpaired) electrons. The molecule has 0 saturated carbocycles. The van der Waals surface area contributed by atoms with E-state index in [0.29, 0.717) is 12.8 Å². The number of hydrogen-bond acceptors (Lipinski definition) is 8. The van der Waals surface area contributed by atoms with E-state index in [1.807, 2.05) is 0 Å². The zero-order valence-corrected chi connectivity index (χ0v) is 30.3. The molecule has 0 aromatic heterocycles. The predicted octanol–water partition coefficient (Wildman–Crippen LogP) is 9.90. The van der Waals surface area contributed by atoms with Gasteiger partial charge in [-0.25, -0.2) is 0 Å². The van der Waals surface area contributed by atoms with Crippen LogP contribution >= 0.6 is 0 Å². The Morgan fingerprint density at radius 1 is 0.956 bits per heavy atom. The lowest BCUT2D eigenvalue weighted by Gasteiger charge is -2.55. The van der Waals surface area contributed by atoms with Gasteiger partial charge in [-0.05, 0) is 24.1 Å². The average molecular weight is 669 g/mol. The summed E-state index contributed by atoms with van der Waals surface area (Å²) >= 11 is 0. The molecule has 0 bridgehead atoms. The molecular weight excluding hydrogens is 613 g/mol. The van der Waals surface area contributed by atoms with Crippen LogP contribution in [0.25, 0.3) is 10.4 Å². The van der Waals surface area contributed by atoms with Gasteiger partial charge in [0.15, 0.2) is 0 Å². The minimum Gasteiger partial charge on any atom is -0.393 e. The summed E-state index contributed by atoms with van der Waals surface area (Å²) in [4.78, 5) is 13.4. The molecule has 1 aliphatic rings. The average Bonchev–Trinajstić information content (AvgIpc) is 2.96. The van der Waals surface area contributed by atoms with Gasteiger partial charge in [0.1, 0.15) is 6.10 Å². The largest absolute Gasteiger partial charge is 0.393 e. The van der Waals surface area contributed by atoms with E-state index in [1.165, 1.54) is 63.5 Å². The molecule has 3 atom stereocenters. The van der Waals surface area contributed by atoms with Crippen molar-refractivity contribution in [2.75, 3.05) is 6.61 Å². The summed E-state index contributed by atoms with van der Waals surface area (Å²) < 4.78 is 46.4. The van der Waals surface area contributed by atoms with Gasteiger partial charge in [-0.3, -0.25) is 14.3 Å². The maximum absolute atomic E-state index is 13.5. The van der Waals surface area contributed by atoms with Gasteiger partial charge in [0.2, 0.25) is 0 Å². The predicted molar refractivity (Wildman–Crippen MR) is 180 cm³/mol. The lowest BCUT2D eigenvalue weighted by atomic mass is 10.00. The number of hydrogen-bond donors (Lipinski definition) is 0. The summed E-state index contributed by atoms with van der Waals surface area (Å²) in [6, 6.07) is 3.85. The summed E-state index contributed by atoms with van der Waals surface area (Å²) in [5.74, 6) is 0. The van der Waals surface area contributed by atoms with Gasteiger partial charge >= 0.3 is 8.56 Å². The molecule has 0 aliphatic carbocycles. The lowest BCUT2D eigenvalue weighted by molar-refractivity contribution is -0.384. The first-order chi connectivity index (χ1) is 21.1. The van der Waals surface area contributed by atoms with E-state index in [9.17, 15) is 24.1 Å². The van der Waals surface area contributed by atoms with Crippen molar-refractivity contribution in [1.29, 1.82) is 0 Å². The number of azide groups is 1. The summed E-state index contributed by atoms with van der Waals surface area (Å²) in [6.07, 6.45) is 12.6. The van der Waals surface area contributed by atoms with Gasteiger partial charge in [0.25, 0.3) is 15.8 Å². The molecule has 45 heavy (non-hydrogen) atoms. The van der Waals surface area contributed by atoms with Crippen LogP contribution in [-0.2, 0) is 23.2 Å². The van der Waals surface area contributed by atoms with Crippen molar-refractivity contribution in [3.8, 4) is 0 Å². The van der Waals surface area contributed by atoms with Crippen molar-refractivity contribution >= 4 is 24.4 Å². The maximum atomic E-state index is 13.5. The van der Waals surface area contributed by atoms with Crippen LogP contribution in [0.5, 0.6) is 0 Å². The first kappa shape index (κ1) is 39.2. The number of benzene rings is 1. The van der Waals surface area contributed by atoms with E-state index in [-0.39, 0.29) is 27.3 Å². The minimum absolute atomic E-state index is 0.103. The highest BCUT2D eigenvalue weighted by Gasteiger charge is 2.62. The smallest absolute Gasteiger partial charge is 0.349 e. The van der Waals surface area contributed by atoms with Crippen LogP contribution < -0.4 is 0 Å². The second kappa shape index (κ2) is 17.8. The van der Waals surface area contributed by atoms with E-state index in [0.717, 1.165) is 31.4 Å². The van der Waals surface area contributed by atoms with Crippen LogP contribution in [0.15, 0.2) is 34.3 Å². The Labute approximate surface area is 272 Å². The number of rotatable bonds is 19. The summed E-state index contributed by atoms with van der Waals surface area (Å²) in [7, 11) is -7.40. The highest BCUT2D eigenvalue weighted by Crippen LogP contribution is 2.55. The second-order valence-corrected chi connectivity index (χ2v) is 20.6. The highest BCUT2D eigenvalue weighted by molar-refractivity contribution is 7.86. The SMILES string of the molecule is CCCCCCCCCCCCCCC(OS(=O)(=O)c1ccc([N+](=O)[O-])cc1)C1O[Si](C(C)(C)C)(C(C)(C)C)OCC1N=[N+]=[N-]. The van der Waals surface area contributed by atoms with Crippen molar-refractivity contribution in [2.45, 2.75) is 165 Å². The van der Waals surface area contributed by atoms with E-state index in [4.69, 9.17) is 13.0 Å². The van der Waals surface area contributed by atoms with E-state index < -0.39 is 41.9 Å². The van der Waals surface area contributed by atoms with Gasteiger partial charge in [-0.15, -0.1) is 0 Å². The van der Waals surface area contributed by atoms with Gasteiger partial charge in [-0.1, -0.05) is 131 Å². The third-order valence-corrected chi connectivity index (χ3v) is 15.1. The number of non-ortho nitro benzene ring substituents is 1. The van der Waals surface area contributed by atoms with Crippen molar-refractivity contribution in [3.63, 3.8) is 0 Å². The van der Waals surface area contributed by atoms with Gasteiger partial charge in [0, 0.05) is 33.7 Å². The number of nitrogens with zero attached hydrogens (tertiary/aromatic N) is 4. The molecule has 3 unspecified atom stereocenters. The molecule has 2 rings (SSSR count). The number of nitro benzene ring substituents is 1. The van der Waals surface area contributed by atoms with Gasteiger partial charge in [0.05, 0.1) is 22.0 Å². The van der Waals surface area contributed by atoms with Gasteiger partial charge in [-0.2, -0.15) is 8.42 Å². The Bertz CT molecular complexity index is 1200. The van der Waals surface area contributed by atoms with Crippen LogP contribution in [0.3, 0.4) is 0 Å². The lowest BCUT2D eigenvalue weighted by Crippen LogP contribution is -2.66. The zero-order valence-electron chi connectivity index (χ0n) is 28.5. The quantitative estimate of drug-likeness (QED) is 0.0208. The molecule has 1 aromatic rings. The molecule has 1 aromatic carbocycles. The fourth-order valence-corrected chi connectivity index (χ4v) is 12.5. The third-order valence-electron chi connectivity index (χ3n) is 8.61. The Morgan fingerprint density at radius 3 is 1.89 bits per heavy atom. The molecule has 0 N–H and O–H groups in total. The molecule has 0 spiro atoms. The molecule has 256 valence electrons. The van der Waals surface area contributed by atoms with E-state index >= 15 is 0 Å². The van der Waals surface area contributed by atoms with Crippen LogP contribution in [0.2, 0.25) is 10.1 Å². The molecule has 1 fully saturated rings. The van der Waals surface area contributed by atoms with Crippen molar-refractivity contribution < 1.29 is 26.4 Å². The van der Waals surface area contributed by atoms with Crippen molar-refractivity contribution in [1.82, 2.24) is 0 Å². The molecule has 1 heterocycles. The molecule has 11 nitrogen and oxygen atoms in total. The standard InChI is InChI=1S/C32H56N4O7SSi/c1-8-9-10-11-12-13-14-15-16-17-18-19-20-29(42-44(39,40)27-23-21-26(22-24-27)36(37)38)30-28(34-35-33)25-41-45(43-30,31(2,3)4)32(5,6)7/h21-24,28-30H,8-20,25H2,1-7H3. The highest BCUT2D eigenvalue weighted by atomic mass is 32.2. The summed E-state index contributed by atoms with van der Waals surface area (Å²) in [5.41, 5.74) is 9.16. The fraction of sp³-hybridized carbons (Fsp3) is 0.812. The minimum atomic E-state index is -4.33. The topological polar surface area (TPSA) is 154 Å². The Hall–Kier alpha value is -2.02. The van der Waals surface area contributed by atoms with E-state index in [1.54, 1.807) is 0 Å². The van der Waals surface area contributed by atoms with Crippen LogP contribution in [0.1, 0.15) is 132 Å². The second-order valence-electron chi connectivity index (χ2n) is 14.3. The molecule has 13 heteroatoms. The van der Waals surface area contributed by atoms with Crippen molar-refractivity contribution in [2.24, 2.45) is 5.11 Å². The zero-order chi connectivity index (χ0) is 33.7. The Morgan fingerprint density at radius 2 is 1.44 bits per heavy atom. The Balaban J connectivity index is 2.24. The monoisotopic (exact) mass is 668 g/mol. The first-order valence-corrected chi connectivity index (χ1v) is 19.9. The fourth-order valence-electron chi connectivity index (χ4n) is 6.41. The molecule has 0 amide bonds. The van der Waals surface area contributed by atoms with E-state index in [2.05, 4.69) is 58.5 Å². The van der Waals surface area contributed by atoms with Crippen molar-refractivity contribution in [3.05, 3.63) is 44.8 Å². The maximum Gasteiger partial charge on any atom is 0.349 e. The number of unbranched alkanes of at least 4 members (excludes halogenated alkanes) is 11. The molecular formula is C32H56N4O7SSi. The summed E-state index contributed by atoms with van der Waals surface area (Å²) in [6.45, 7) is 14.7. The van der Waals surface area contributed by atoms with Crippen LogP contribution in [0.4, 0.5) is 5.69 Å². The van der Waals surface area contributed by atoms with Crippen LogP contribution in [-0.4, -0.2) is 46.8 Å². The van der Waals surface area contributed by atoms with Crippen LogP contribution in [0, 0.1) is 10.1 Å². The number of nitro groups is 1. The summed E-state index contributed by atoms with van der Waals surface area (Å²) in [5, 5.41) is 14.3. The molecule has 1 saturated heterocycles. The van der Waals surface area contributed by atoms with Gasteiger partial charge < -0.3 is 8.85 Å². The normalized spacial score (nSPS) is 19.5. The third kappa shape index (κ3) is 11.3.